The van der Waals surface area contributed by atoms with Gasteiger partial charge >= 0.3 is 5.97 Å². The summed E-state index contributed by atoms with van der Waals surface area (Å²) in [6.07, 6.45) is 16.4. The molecule has 8 unspecified atom stereocenters. The molecule has 1 aliphatic carbocycles. The normalized spacial score (nSPS) is 33.1. The molecule has 8 atom stereocenters. The van der Waals surface area contributed by atoms with Gasteiger partial charge < -0.3 is 29.5 Å². The van der Waals surface area contributed by atoms with Gasteiger partial charge in [-0.15, -0.1) is 0 Å². The first-order valence-electron chi connectivity index (χ1n) is 17.9. The van der Waals surface area contributed by atoms with Gasteiger partial charge in [0.25, 0.3) is 0 Å². The van der Waals surface area contributed by atoms with E-state index in [4.69, 9.17) is 14.2 Å². The van der Waals surface area contributed by atoms with Crippen molar-refractivity contribution in [1.29, 1.82) is 0 Å². The maximum absolute atomic E-state index is 12.6. The van der Waals surface area contributed by atoms with Gasteiger partial charge in [-0.2, -0.15) is 0 Å². The van der Waals surface area contributed by atoms with Crippen LogP contribution in [0.3, 0.4) is 0 Å². The molecule has 4 aliphatic heterocycles. The average Bonchev–Trinajstić information content (AvgIpc) is 3.54. The topological polar surface area (TPSA) is 109 Å². The Bertz CT molecular complexity index is 1410. The molecule has 1 aromatic rings. The van der Waals surface area contributed by atoms with E-state index in [-0.39, 0.29) is 47.6 Å². The summed E-state index contributed by atoms with van der Waals surface area (Å²) in [6.45, 7) is 4.60. The fraction of sp³-hybridized carbons (Fsp3) is 0.615. The van der Waals surface area contributed by atoms with Crippen LogP contribution >= 0.6 is 0 Å². The minimum Gasteiger partial charge on any atom is -0.492 e. The molecule has 1 aromatic carbocycles. The standard InChI is InChI=1S/C39H53NO7/c1-4-5-6-11-25-12-8-13-26(18-25)19-27-20-31-34-29(22-41)37(38-36(45-3)30(23-42)39(44)47-38)46-33(34)15-9-16-40(31)32(21-27)35(43)28-14-7-10-24(2)17-28/h7-8,12-15,18,24,27-29,31-32,34-35,41-43H,4-6,9-11,16-17,19-23H2,1-3H3. The van der Waals surface area contributed by atoms with Crippen LogP contribution < -0.4 is 0 Å². The Morgan fingerprint density at radius 2 is 1.94 bits per heavy atom. The van der Waals surface area contributed by atoms with Crippen molar-refractivity contribution in [2.45, 2.75) is 96.2 Å². The molecule has 2 saturated heterocycles. The average molecular weight is 648 g/mol. The number of nitrogens with zero attached hydrogens (tertiary/aromatic N) is 1. The van der Waals surface area contributed by atoms with E-state index in [1.54, 1.807) is 0 Å². The quantitative estimate of drug-likeness (QED) is 0.162. The summed E-state index contributed by atoms with van der Waals surface area (Å²) < 4.78 is 17.6. The van der Waals surface area contributed by atoms with Crippen LogP contribution in [0.15, 0.2) is 71.1 Å². The summed E-state index contributed by atoms with van der Waals surface area (Å²) in [5.41, 5.74) is 2.78. The number of carbonyl (C=O) groups excluding carboxylic acids is 1. The second-order valence-corrected chi connectivity index (χ2v) is 14.4. The summed E-state index contributed by atoms with van der Waals surface area (Å²) in [5.74, 6) is 1.13. The summed E-state index contributed by atoms with van der Waals surface area (Å²) in [7, 11) is 1.44. The van der Waals surface area contributed by atoms with Gasteiger partial charge in [-0.1, -0.05) is 63.1 Å². The summed E-state index contributed by atoms with van der Waals surface area (Å²) in [4.78, 5) is 15.1. The fourth-order valence-corrected chi connectivity index (χ4v) is 8.95. The van der Waals surface area contributed by atoms with Crippen LogP contribution in [0.2, 0.25) is 0 Å². The Morgan fingerprint density at radius 1 is 1.11 bits per heavy atom. The summed E-state index contributed by atoms with van der Waals surface area (Å²) in [6, 6.07) is 9.03. The highest BCUT2D eigenvalue weighted by atomic mass is 16.6. The first-order chi connectivity index (χ1) is 22.9. The predicted octanol–water partition coefficient (Wildman–Crippen LogP) is 5.58. The van der Waals surface area contributed by atoms with Gasteiger partial charge in [-0.3, -0.25) is 4.90 Å². The van der Waals surface area contributed by atoms with E-state index in [1.807, 2.05) is 0 Å². The summed E-state index contributed by atoms with van der Waals surface area (Å²) >= 11 is 0. The molecular weight excluding hydrogens is 594 g/mol. The molecule has 2 fully saturated rings. The first-order valence-corrected chi connectivity index (χ1v) is 17.9. The highest BCUT2D eigenvalue weighted by Gasteiger charge is 2.53. The molecule has 0 saturated carbocycles. The molecule has 4 heterocycles. The number of carbonyl (C=O) groups is 1. The van der Waals surface area contributed by atoms with E-state index >= 15 is 0 Å². The van der Waals surface area contributed by atoms with Gasteiger partial charge in [0.2, 0.25) is 5.76 Å². The largest absolute Gasteiger partial charge is 0.492 e. The molecule has 0 bridgehead atoms. The number of fused-ring (bicyclic) bond motifs is 3. The number of methoxy groups -OCH3 is 1. The number of ether oxygens (including phenoxy) is 3. The van der Waals surface area contributed by atoms with Gasteiger partial charge in [0, 0.05) is 30.5 Å². The number of allylic oxidation sites excluding steroid dienone is 1. The van der Waals surface area contributed by atoms with Crippen molar-refractivity contribution < 1.29 is 34.3 Å². The zero-order chi connectivity index (χ0) is 33.1. The molecule has 0 spiro atoms. The van der Waals surface area contributed by atoms with Crippen molar-refractivity contribution in [2.24, 2.45) is 29.6 Å². The second kappa shape index (κ2) is 15.1. The molecule has 8 nitrogen and oxygen atoms in total. The maximum atomic E-state index is 12.6. The number of rotatable bonds is 11. The van der Waals surface area contributed by atoms with Crippen LogP contribution in [-0.2, 0) is 31.8 Å². The van der Waals surface area contributed by atoms with E-state index in [0.29, 0.717) is 17.6 Å². The molecule has 3 N–H and O–H groups in total. The number of piperidine rings is 1. The molecule has 47 heavy (non-hydrogen) atoms. The zero-order valence-corrected chi connectivity index (χ0v) is 28.3. The van der Waals surface area contributed by atoms with E-state index < -0.39 is 24.6 Å². The van der Waals surface area contributed by atoms with Crippen molar-refractivity contribution in [3.05, 3.63) is 82.2 Å². The Morgan fingerprint density at radius 3 is 2.68 bits per heavy atom. The number of aliphatic hydroxyl groups excluding tert-OH is 3. The summed E-state index contributed by atoms with van der Waals surface area (Å²) in [5, 5.41) is 32.9. The SMILES string of the molecule is CCCCCc1cccc(CC2CC(C(O)C3C=CCC(C)C3)N3CCC=C4OC(=C5OC(=O)C(CO)=C5OC)C(CO)C4C3C2)c1. The molecule has 0 amide bonds. The Kier molecular flexibility index (Phi) is 10.9. The molecule has 256 valence electrons. The third kappa shape index (κ3) is 6.98. The zero-order valence-electron chi connectivity index (χ0n) is 28.3. The van der Waals surface area contributed by atoms with Crippen molar-refractivity contribution in [3.8, 4) is 0 Å². The molecule has 6 rings (SSSR count). The second-order valence-electron chi connectivity index (χ2n) is 14.4. The van der Waals surface area contributed by atoms with Gasteiger partial charge in [-0.25, -0.2) is 4.79 Å². The number of aryl methyl sites for hydroxylation is 1. The number of esters is 1. The van der Waals surface area contributed by atoms with Crippen LogP contribution in [0, 0.1) is 29.6 Å². The monoisotopic (exact) mass is 647 g/mol. The van der Waals surface area contributed by atoms with Gasteiger partial charge in [0.1, 0.15) is 11.3 Å². The molecule has 0 aromatic heterocycles. The number of aliphatic hydroxyl groups is 3. The lowest BCUT2D eigenvalue weighted by Crippen LogP contribution is -2.58. The number of cyclic esters (lactones) is 1. The number of benzene rings is 1. The van der Waals surface area contributed by atoms with Crippen LogP contribution in [0.4, 0.5) is 0 Å². The number of hydrogen-bond acceptors (Lipinski definition) is 8. The Balaban J connectivity index is 1.34. The highest BCUT2D eigenvalue weighted by Crippen LogP contribution is 2.51. The lowest BCUT2D eigenvalue weighted by Gasteiger charge is -2.50. The van der Waals surface area contributed by atoms with E-state index in [9.17, 15) is 20.1 Å². The predicted molar refractivity (Wildman–Crippen MR) is 180 cm³/mol. The van der Waals surface area contributed by atoms with Crippen molar-refractivity contribution in [1.82, 2.24) is 4.90 Å². The fourth-order valence-electron chi connectivity index (χ4n) is 8.95. The molecule has 8 heteroatoms. The van der Waals surface area contributed by atoms with Gasteiger partial charge in [0.15, 0.2) is 11.5 Å². The minimum absolute atomic E-state index is 0.0134. The minimum atomic E-state index is -0.664. The van der Waals surface area contributed by atoms with E-state index in [0.717, 1.165) is 57.2 Å². The first kappa shape index (κ1) is 34.0. The smallest absolute Gasteiger partial charge is 0.345 e. The van der Waals surface area contributed by atoms with Crippen molar-refractivity contribution >= 4 is 5.97 Å². The van der Waals surface area contributed by atoms with Crippen molar-refractivity contribution in [3.63, 3.8) is 0 Å². The van der Waals surface area contributed by atoms with Crippen LogP contribution in [0.25, 0.3) is 0 Å². The van der Waals surface area contributed by atoms with Gasteiger partial charge in [-0.05, 0) is 80.4 Å². The molecular formula is C39H53NO7. The lowest BCUT2D eigenvalue weighted by atomic mass is 9.71. The van der Waals surface area contributed by atoms with Crippen molar-refractivity contribution in [2.75, 3.05) is 26.9 Å². The van der Waals surface area contributed by atoms with Crippen LogP contribution in [0.5, 0.6) is 0 Å². The number of unbranched alkanes of at least 4 members (excludes halogenated alkanes) is 2. The van der Waals surface area contributed by atoms with Crippen LogP contribution in [-0.4, -0.2) is 71.2 Å². The Hall–Kier alpha value is -2.91. The molecule has 5 aliphatic rings. The molecule has 0 radical (unpaired) electrons. The van der Waals surface area contributed by atoms with E-state index in [1.165, 1.54) is 37.5 Å². The third-order valence-electron chi connectivity index (χ3n) is 11.2. The number of hydrogen-bond donors (Lipinski definition) is 3. The van der Waals surface area contributed by atoms with Gasteiger partial charge in [0.05, 0.1) is 32.3 Å². The van der Waals surface area contributed by atoms with Crippen LogP contribution in [0.1, 0.15) is 76.3 Å². The third-order valence-corrected chi connectivity index (χ3v) is 11.2. The van der Waals surface area contributed by atoms with E-state index in [2.05, 4.69) is 61.2 Å². The lowest BCUT2D eigenvalue weighted by molar-refractivity contribution is -0.134. The highest BCUT2D eigenvalue weighted by molar-refractivity contribution is 5.94. The Labute approximate surface area is 279 Å². The maximum Gasteiger partial charge on any atom is 0.345 e.